The molecule has 0 aliphatic rings. The van der Waals surface area contributed by atoms with Crippen molar-refractivity contribution in [2.75, 3.05) is 6.61 Å². The molecule has 3 N–H and O–H groups in total. The summed E-state index contributed by atoms with van der Waals surface area (Å²) in [5.74, 6) is 1.03. The lowest BCUT2D eigenvalue weighted by Crippen LogP contribution is -2.18. The highest BCUT2D eigenvalue weighted by atomic mass is 16.5. The van der Waals surface area contributed by atoms with Gasteiger partial charge in [-0.2, -0.15) is 0 Å². The van der Waals surface area contributed by atoms with Gasteiger partial charge in [-0.3, -0.25) is 0 Å². The van der Waals surface area contributed by atoms with Gasteiger partial charge in [-0.15, -0.1) is 0 Å². The molecule has 0 bridgehead atoms. The quantitative estimate of drug-likeness (QED) is 0.807. The molecule has 0 fully saturated rings. The van der Waals surface area contributed by atoms with Gasteiger partial charge in [-0.05, 0) is 18.9 Å². The van der Waals surface area contributed by atoms with Gasteiger partial charge >= 0.3 is 0 Å². The number of phenols is 1. The number of hydrogen-bond acceptors (Lipinski definition) is 3. The van der Waals surface area contributed by atoms with Crippen LogP contribution in [0, 0.1) is 5.92 Å². The first-order valence-corrected chi connectivity index (χ1v) is 5.82. The number of rotatable bonds is 5. The Hall–Kier alpha value is -1.22. The molecule has 1 aromatic carbocycles. The molecule has 3 nitrogen and oxygen atoms in total. The third kappa shape index (κ3) is 2.67. The fraction of sp³-hybridized carbons (Fsp3) is 0.538. The minimum Gasteiger partial charge on any atom is -0.504 e. The molecule has 0 radical (unpaired) electrons. The maximum atomic E-state index is 10.0. The van der Waals surface area contributed by atoms with Gasteiger partial charge in [0, 0.05) is 11.6 Å². The largest absolute Gasteiger partial charge is 0.504 e. The molecule has 0 saturated carbocycles. The van der Waals surface area contributed by atoms with Crippen molar-refractivity contribution in [3.63, 3.8) is 0 Å². The lowest BCUT2D eigenvalue weighted by Gasteiger charge is -2.20. The van der Waals surface area contributed by atoms with Crippen molar-refractivity contribution in [3.05, 3.63) is 23.8 Å². The summed E-state index contributed by atoms with van der Waals surface area (Å²) in [6.07, 6.45) is 0.986. The highest BCUT2D eigenvalue weighted by Gasteiger charge is 2.18. The lowest BCUT2D eigenvalue weighted by molar-refractivity contribution is 0.313. The average Bonchev–Trinajstić information content (AvgIpc) is 2.30. The smallest absolute Gasteiger partial charge is 0.162 e. The number of ether oxygens (including phenoxy) is 1. The summed E-state index contributed by atoms with van der Waals surface area (Å²) in [5.41, 5.74) is 6.86. The molecule has 0 saturated heterocycles. The molecule has 1 rings (SSSR count). The number of nitrogens with two attached hydrogens (primary N) is 1. The van der Waals surface area contributed by atoms with Gasteiger partial charge in [0.2, 0.25) is 0 Å². The van der Waals surface area contributed by atoms with E-state index in [1.54, 1.807) is 6.07 Å². The van der Waals surface area contributed by atoms with Crippen LogP contribution in [0.25, 0.3) is 0 Å². The van der Waals surface area contributed by atoms with Crippen molar-refractivity contribution >= 4 is 0 Å². The highest BCUT2D eigenvalue weighted by molar-refractivity contribution is 5.46. The molecule has 1 aromatic rings. The van der Waals surface area contributed by atoms with Gasteiger partial charge in [0.1, 0.15) is 0 Å². The Bertz CT molecular complexity index is 339. The number of para-hydroxylation sites is 1. The van der Waals surface area contributed by atoms with Gasteiger partial charge in [0.15, 0.2) is 11.5 Å². The number of phenolic OH excluding ortho intramolecular Hbond substituents is 1. The summed E-state index contributed by atoms with van der Waals surface area (Å²) in [5, 5.41) is 10.0. The van der Waals surface area contributed by atoms with E-state index in [0.29, 0.717) is 18.3 Å². The third-order valence-corrected chi connectivity index (χ3v) is 2.95. The Morgan fingerprint density at radius 1 is 1.38 bits per heavy atom. The van der Waals surface area contributed by atoms with Crippen LogP contribution in [0.5, 0.6) is 11.5 Å². The first-order chi connectivity index (χ1) is 7.61. The van der Waals surface area contributed by atoms with Crippen LogP contribution in [0.4, 0.5) is 0 Å². The van der Waals surface area contributed by atoms with Gasteiger partial charge in [0.05, 0.1) is 6.61 Å². The summed E-state index contributed by atoms with van der Waals surface area (Å²) in [7, 11) is 0. The van der Waals surface area contributed by atoms with Crippen LogP contribution in [0.1, 0.15) is 38.8 Å². The molecule has 16 heavy (non-hydrogen) atoms. The predicted octanol–water partition coefficient (Wildman–Crippen LogP) is 2.84. The van der Waals surface area contributed by atoms with Crippen molar-refractivity contribution in [1.29, 1.82) is 0 Å². The normalized spacial score (nSPS) is 14.5. The monoisotopic (exact) mass is 223 g/mol. The second kappa shape index (κ2) is 5.75. The summed E-state index contributed by atoms with van der Waals surface area (Å²) >= 11 is 0. The van der Waals surface area contributed by atoms with Gasteiger partial charge in [-0.25, -0.2) is 0 Å². The zero-order valence-electron chi connectivity index (χ0n) is 10.2. The van der Waals surface area contributed by atoms with Gasteiger partial charge in [-0.1, -0.05) is 32.4 Å². The van der Waals surface area contributed by atoms with E-state index < -0.39 is 0 Å². The summed E-state index contributed by atoms with van der Waals surface area (Å²) < 4.78 is 5.34. The van der Waals surface area contributed by atoms with E-state index in [1.807, 2.05) is 19.1 Å². The van der Waals surface area contributed by atoms with E-state index >= 15 is 0 Å². The number of benzene rings is 1. The average molecular weight is 223 g/mol. The highest BCUT2D eigenvalue weighted by Crippen LogP contribution is 2.35. The molecule has 0 aliphatic carbocycles. The molecular formula is C13H21NO2. The first-order valence-electron chi connectivity index (χ1n) is 5.82. The topological polar surface area (TPSA) is 55.5 Å². The van der Waals surface area contributed by atoms with Gasteiger partial charge < -0.3 is 15.6 Å². The Labute approximate surface area is 97.2 Å². The SMILES string of the molecule is CCOc1cccc([C@H](N)C(C)CC)c1O. The number of aromatic hydroxyl groups is 1. The van der Waals surface area contributed by atoms with Crippen LogP contribution in [0.3, 0.4) is 0 Å². The molecule has 0 aliphatic heterocycles. The second-order valence-corrected chi connectivity index (χ2v) is 4.04. The van der Waals surface area contributed by atoms with Crippen LogP contribution < -0.4 is 10.5 Å². The molecule has 90 valence electrons. The zero-order valence-corrected chi connectivity index (χ0v) is 10.2. The first kappa shape index (κ1) is 12.8. The van der Waals surface area contributed by atoms with Crippen LogP contribution in [-0.4, -0.2) is 11.7 Å². The van der Waals surface area contributed by atoms with Crippen molar-refractivity contribution in [1.82, 2.24) is 0 Å². The van der Waals surface area contributed by atoms with Crippen LogP contribution >= 0.6 is 0 Å². The van der Waals surface area contributed by atoms with E-state index in [2.05, 4.69) is 13.8 Å². The molecule has 0 spiro atoms. The Morgan fingerprint density at radius 2 is 2.06 bits per heavy atom. The standard InChI is InChI=1S/C13H21NO2/c1-4-9(3)12(14)10-7-6-8-11(13(10)15)16-5-2/h6-9,12,15H,4-5,14H2,1-3H3/t9?,12-/m1/s1. The van der Waals surface area contributed by atoms with E-state index in [0.717, 1.165) is 12.0 Å². The fourth-order valence-electron chi connectivity index (χ4n) is 1.64. The molecule has 0 amide bonds. The maximum absolute atomic E-state index is 10.0. The van der Waals surface area contributed by atoms with Crippen molar-refractivity contribution in [2.24, 2.45) is 11.7 Å². The summed E-state index contributed by atoms with van der Waals surface area (Å²) in [4.78, 5) is 0. The van der Waals surface area contributed by atoms with E-state index in [4.69, 9.17) is 10.5 Å². The summed E-state index contributed by atoms with van der Waals surface area (Å²) in [6, 6.07) is 5.33. The van der Waals surface area contributed by atoms with Gasteiger partial charge in [0.25, 0.3) is 0 Å². The Kier molecular flexibility index (Phi) is 4.62. The predicted molar refractivity (Wildman–Crippen MR) is 65.7 cm³/mol. The van der Waals surface area contributed by atoms with Crippen LogP contribution in [-0.2, 0) is 0 Å². The van der Waals surface area contributed by atoms with Crippen molar-refractivity contribution in [3.8, 4) is 11.5 Å². The van der Waals surface area contributed by atoms with E-state index in [1.165, 1.54) is 0 Å². The molecule has 1 unspecified atom stereocenters. The molecule has 3 heteroatoms. The summed E-state index contributed by atoms with van der Waals surface area (Å²) in [6.45, 7) is 6.60. The molecular weight excluding hydrogens is 202 g/mol. The van der Waals surface area contributed by atoms with Crippen LogP contribution in [0.15, 0.2) is 18.2 Å². The van der Waals surface area contributed by atoms with Crippen LogP contribution in [0.2, 0.25) is 0 Å². The van der Waals surface area contributed by atoms with Crippen molar-refractivity contribution < 1.29 is 9.84 Å². The minimum absolute atomic E-state index is 0.148. The second-order valence-electron chi connectivity index (χ2n) is 4.04. The van der Waals surface area contributed by atoms with E-state index in [9.17, 15) is 5.11 Å². The third-order valence-electron chi connectivity index (χ3n) is 2.95. The van der Waals surface area contributed by atoms with E-state index in [-0.39, 0.29) is 11.8 Å². The number of hydrogen-bond donors (Lipinski definition) is 2. The molecule has 0 heterocycles. The Balaban J connectivity index is 3.00. The fourth-order valence-corrected chi connectivity index (χ4v) is 1.64. The zero-order chi connectivity index (χ0) is 12.1. The molecule has 2 atom stereocenters. The maximum Gasteiger partial charge on any atom is 0.162 e. The minimum atomic E-state index is -0.148. The molecule has 0 aromatic heterocycles. The lowest BCUT2D eigenvalue weighted by atomic mass is 9.92. The van der Waals surface area contributed by atoms with Crippen molar-refractivity contribution in [2.45, 2.75) is 33.2 Å². The Morgan fingerprint density at radius 3 is 2.62 bits per heavy atom.